The summed E-state index contributed by atoms with van der Waals surface area (Å²) in [4.78, 5) is 20.1. The first kappa shape index (κ1) is 21.0. The maximum Gasteiger partial charge on any atom is 0.252 e. The predicted molar refractivity (Wildman–Crippen MR) is 113 cm³/mol. The van der Waals surface area contributed by atoms with Crippen LogP contribution in [0.25, 0.3) is 0 Å². The topological polar surface area (TPSA) is 128 Å². The number of aromatic nitrogens is 2. The number of ether oxygens (including phenoxy) is 1. The van der Waals surface area contributed by atoms with Crippen LogP contribution in [-0.4, -0.2) is 35.6 Å². The van der Waals surface area contributed by atoms with Crippen molar-refractivity contribution in [1.82, 2.24) is 9.97 Å². The van der Waals surface area contributed by atoms with Crippen LogP contribution in [0, 0.1) is 5.82 Å². The molecular formula is C21H23FN6O2. The highest BCUT2D eigenvalue weighted by molar-refractivity contribution is 5.98. The first-order valence-corrected chi connectivity index (χ1v) is 9.28. The van der Waals surface area contributed by atoms with Gasteiger partial charge < -0.3 is 26.8 Å². The van der Waals surface area contributed by atoms with Gasteiger partial charge >= 0.3 is 0 Å². The lowest BCUT2D eigenvalue weighted by atomic mass is 10.1. The smallest absolute Gasteiger partial charge is 0.252 e. The third kappa shape index (κ3) is 5.21. The quantitative estimate of drug-likeness (QED) is 0.426. The molecule has 6 N–H and O–H groups in total. The van der Waals surface area contributed by atoms with Crippen LogP contribution in [0.1, 0.15) is 15.9 Å². The SMILES string of the molecule is COc1cc(Nc2nc(N[C@@H](CN)Cc3ccccc3)c(F)cc2C(N)=O)ccn1. The molecule has 156 valence electrons. The number of primary amides is 1. The Kier molecular flexibility index (Phi) is 6.76. The van der Waals surface area contributed by atoms with Crippen molar-refractivity contribution in [3.63, 3.8) is 0 Å². The van der Waals surface area contributed by atoms with Crippen LogP contribution in [-0.2, 0) is 6.42 Å². The normalized spacial score (nSPS) is 11.6. The number of amides is 1. The van der Waals surface area contributed by atoms with Gasteiger partial charge in [0, 0.05) is 30.5 Å². The summed E-state index contributed by atoms with van der Waals surface area (Å²) in [5, 5.41) is 5.99. The van der Waals surface area contributed by atoms with Crippen LogP contribution in [0.3, 0.4) is 0 Å². The van der Waals surface area contributed by atoms with E-state index in [0.29, 0.717) is 18.0 Å². The lowest BCUT2D eigenvalue weighted by Gasteiger charge is -2.19. The summed E-state index contributed by atoms with van der Waals surface area (Å²) in [6.07, 6.45) is 2.11. The van der Waals surface area contributed by atoms with Gasteiger partial charge in [0.25, 0.3) is 5.91 Å². The average molecular weight is 410 g/mol. The fourth-order valence-corrected chi connectivity index (χ4v) is 2.89. The number of rotatable bonds is 9. The molecule has 9 heteroatoms. The minimum atomic E-state index is -0.809. The monoisotopic (exact) mass is 410 g/mol. The van der Waals surface area contributed by atoms with Gasteiger partial charge in [-0.15, -0.1) is 0 Å². The van der Waals surface area contributed by atoms with Crippen molar-refractivity contribution in [1.29, 1.82) is 0 Å². The van der Waals surface area contributed by atoms with Crippen molar-refractivity contribution in [3.05, 3.63) is 71.7 Å². The number of halogens is 1. The van der Waals surface area contributed by atoms with Crippen LogP contribution in [0.5, 0.6) is 5.88 Å². The molecule has 8 nitrogen and oxygen atoms in total. The van der Waals surface area contributed by atoms with Gasteiger partial charge in [0.15, 0.2) is 11.6 Å². The van der Waals surface area contributed by atoms with Crippen molar-refractivity contribution in [2.75, 3.05) is 24.3 Å². The number of nitrogens with one attached hydrogen (secondary N) is 2. The van der Waals surface area contributed by atoms with Crippen LogP contribution < -0.4 is 26.8 Å². The highest BCUT2D eigenvalue weighted by Crippen LogP contribution is 2.25. The van der Waals surface area contributed by atoms with Crippen LogP contribution in [0.15, 0.2) is 54.7 Å². The van der Waals surface area contributed by atoms with E-state index in [-0.39, 0.29) is 29.8 Å². The van der Waals surface area contributed by atoms with Gasteiger partial charge in [0.05, 0.1) is 12.7 Å². The van der Waals surface area contributed by atoms with Crippen molar-refractivity contribution in [2.45, 2.75) is 12.5 Å². The van der Waals surface area contributed by atoms with E-state index in [1.807, 2.05) is 30.3 Å². The van der Waals surface area contributed by atoms with Gasteiger partial charge in [-0.2, -0.15) is 0 Å². The number of carbonyl (C=O) groups is 1. The molecule has 1 amide bonds. The van der Waals surface area contributed by atoms with E-state index in [4.69, 9.17) is 16.2 Å². The minimum Gasteiger partial charge on any atom is -0.481 e. The highest BCUT2D eigenvalue weighted by Gasteiger charge is 2.18. The number of carbonyl (C=O) groups excluding carboxylic acids is 1. The number of nitrogens with two attached hydrogens (primary N) is 2. The van der Waals surface area contributed by atoms with Gasteiger partial charge in [0.2, 0.25) is 5.88 Å². The Balaban J connectivity index is 1.89. The first-order valence-electron chi connectivity index (χ1n) is 9.28. The third-order valence-corrected chi connectivity index (χ3v) is 4.40. The van der Waals surface area contributed by atoms with Crippen molar-refractivity contribution in [3.8, 4) is 5.88 Å². The summed E-state index contributed by atoms with van der Waals surface area (Å²) < 4.78 is 19.7. The molecule has 0 bridgehead atoms. The zero-order chi connectivity index (χ0) is 21.5. The molecule has 2 aromatic heterocycles. The van der Waals surface area contributed by atoms with Crippen LogP contribution >= 0.6 is 0 Å². The van der Waals surface area contributed by atoms with E-state index in [1.165, 1.54) is 13.3 Å². The number of methoxy groups -OCH3 is 1. The number of hydrogen-bond acceptors (Lipinski definition) is 7. The van der Waals surface area contributed by atoms with Gasteiger partial charge in [-0.1, -0.05) is 30.3 Å². The number of benzene rings is 1. The molecule has 0 aliphatic rings. The number of anilines is 3. The second-order valence-electron chi connectivity index (χ2n) is 6.56. The van der Waals surface area contributed by atoms with E-state index >= 15 is 0 Å². The molecule has 1 aromatic carbocycles. The van der Waals surface area contributed by atoms with E-state index in [9.17, 15) is 9.18 Å². The molecular weight excluding hydrogens is 387 g/mol. The molecule has 0 saturated heterocycles. The zero-order valence-corrected chi connectivity index (χ0v) is 16.4. The zero-order valence-electron chi connectivity index (χ0n) is 16.4. The number of nitrogens with zero attached hydrogens (tertiary/aromatic N) is 2. The summed E-state index contributed by atoms with van der Waals surface area (Å²) in [5.41, 5.74) is 12.8. The maximum atomic E-state index is 14.7. The minimum absolute atomic E-state index is 0.0325. The van der Waals surface area contributed by atoms with Crippen LogP contribution in [0.4, 0.5) is 21.7 Å². The Hall–Kier alpha value is -3.72. The summed E-state index contributed by atoms with van der Waals surface area (Å²) >= 11 is 0. The molecule has 2 heterocycles. The lowest BCUT2D eigenvalue weighted by molar-refractivity contribution is 0.100. The molecule has 0 aliphatic heterocycles. The fraction of sp³-hybridized carbons (Fsp3) is 0.190. The predicted octanol–water partition coefficient (Wildman–Crippen LogP) is 2.45. The van der Waals surface area contributed by atoms with E-state index in [1.54, 1.807) is 12.1 Å². The standard InChI is InChI=1S/C21H23FN6O2/c1-30-18-10-14(7-8-25-18)26-20-16(19(24)29)11-17(22)21(28-20)27-15(12-23)9-13-5-3-2-4-6-13/h2-8,10-11,15H,9,12,23H2,1H3,(H2,24,29)(H2,25,26,27,28)/t15-/m1/s1. The Morgan fingerprint density at radius 2 is 1.97 bits per heavy atom. The molecule has 30 heavy (non-hydrogen) atoms. The molecule has 0 saturated carbocycles. The lowest BCUT2D eigenvalue weighted by Crippen LogP contribution is -2.32. The van der Waals surface area contributed by atoms with E-state index in [2.05, 4.69) is 20.6 Å². The molecule has 3 rings (SSSR count). The average Bonchev–Trinajstić information content (AvgIpc) is 2.75. The van der Waals surface area contributed by atoms with Gasteiger partial charge in [-0.3, -0.25) is 4.79 Å². The van der Waals surface area contributed by atoms with Crippen molar-refractivity contribution >= 4 is 23.2 Å². The summed E-state index contributed by atoms with van der Waals surface area (Å²) in [6, 6.07) is 13.8. The second kappa shape index (κ2) is 9.66. The van der Waals surface area contributed by atoms with Crippen molar-refractivity contribution in [2.24, 2.45) is 11.5 Å². The summed E-state index contributed by atoms with van der Waals surface area (Å²) in [5.74, 6) is -1.07. The largest absolute Gasteiger partial charge is 0.481 e. The Morgan fingerprint density at radius 1 is 1.20 bits per heavy atom. The molecule has 0 spiro atoms. The van der Waals surface area contributed by atoms with Gasteiger partial charge in [0.1, 0.15) is 5.82 Å². The summed E-state index contributed by atoms with van der Waals surface area (Å²) in [7, 11) is 1.48. The Labute approximate surface area is 173 Å². The molecule has 0 unspecified atom stereocenters. The number of hydrogen-bond donors (Lipinski definition) is 4. The molecule has 1 atom stereocenters. The second-order valence-corrected chi connectivity index (χ2v) is 6.56. The Bertz CT molecular complexity index is 1020. The van der Waals surface area contributed by atoms with E-state index in [0.717, 1.165) is 11.6 Å². The molecule has 0 aliphatic carbocycles. The van der Waals surface area contributed by atoms with Gasteiger partial charge in [-0.25, -0.2) is 14.4 Å². The fourth-order valence-electron chi connectivity index (χ4n) is 2.89. The number of pyridine rings is 2. The van der Waals surface area contributed by atoms with Crippen molar-refractivity contribution < 1.29 is 13.9 Å². The first-order chi connectivity index (χ1) is 14.5. The molecule has 0 radical (unpaired) electrons. The Morgan fingerprint density at radius 3 is 2.63 bits per heavy atom. The summed E-state index contributed by atoms with van der Waals surface area (Å²) in [6.45, 7) is 0.262. The third-order valence-electron chi connectivity index (χ3n) is 4.40. The molecule has 0 fully saturated rings. The highest BCUT2D eigenvalue weighted by atomic mass is 19.1. The maximum absolute atomic E-state index is 14.7. The van der Waals surface area contributed by atoms with Crippen LogP contribution in [0.2, 0.25) is 0 Å². The van der Waals surface area contributed by atoms with Gasteiger partial charge in [-0.05, 0) is 24.1 Å². The molecule has 3 aromatic rings. The van der Waals surface area contributed by atoms with E-state index < -0.39 is 11.7 Å².